The minimum Gasteiger partial charge on any atom is -0.326 e. The molecule has 100 valence electrons. The molecule has 0 fully saturated rings. The van der Waals surface area contributed by atoms with Crippen molar-refractivity contribution < 1.29 is 0 Å². The maximum absolute atomic E-state index is 5.74. The number of hydrogen-bond donors (Lipinski definition) is 1. The van der Waals surface area contributed by atoms with Gasteiger partial charge >= 0.3 is 0 Å². The van der Waals surface area contributed by atoms with Crippen LogP contribution >= 0.6 is 0 Å². The van der Waals surface area contributed by atoms with Gasteiger partial charge in [0, 0.05) is 6.54 Å². The Labute approximate surface area is 115 Å². The number of rotatable bonds is 4. The first kappa shape index (κ1) is 13.8. The highest BCUT2D eigenvalue weighted by molar-refractivity contribution is 5.35. The fraction of sp³-hybridized carbons (Fsp3) is 0.294. The summed E-state index contributed by atoms with van der Waals surface area (Å²) < 4.78 is 0. The van der Waals surface area contributed by atoms with Crippen LogP contribution in [-0.4, -0.2) is 19.0 Å². The third kappa shape index (κ3) is 3.22. The Hall–Kier alpha value is -1.64. The first-order chi connectivity index (χ1) is 9.11. The summed E-state index contributed by atoms with van der Waals surface area (Å²) in [6.45, 7) is 2.70. The molecule has 0 bridgehead atoms. The molecule has 0 saturated heterocycles. The highest BCUT2D eigenvalue weighted by Gasteiger charge is 2.16. The van der Waals surface area contributed by atoms with E-state index in [1.807, 2.05) is 0 Å². The van der Waals surface area contributed by atoms with Crippen molar-refractivity contribution in [2.45, 2.75) is 19.5 Å². The van der Waals surface area contributed by atoms with Crippen LogP contribution in [0.3, 0.4) is 0 Å². The Morgan fingerprint density at radius 2 is 1.68 bits per heavy atom. The smallest absolute Gasteiger partial charge is 0.0596 e. The van der Waals surface area contributed by atoms with E-state index in [0.717, 1.165) is 0 Å². The molecule has 2 N–H and O–H groups in total. The molecule has 0 aliphatic heterocycles. The molecule has 1 atom stereocenters. The maximum Gasteiger partial charge on any atom is 0.0596 e. The van der Waals surface area contributed by atoms with Crippen molar-refractivity contribution in [2.24, 2.45) is 5.73 Å². The van der Waals surface area contributed by atoms with E-state index in [1.165, 1.54) is 22.3 Å². The van der Waals surface area contributed by atoms with Crippen LogP contribution in [0.1, 0.15) is 28.3 Å². The number of hydrogen-bond acceptors (Lipinski definition) is 2. The van der Waals surface area contributed by atoms with Gasteiger partial charge in [-0.1, -0.05) is 54.1 Å². The Kier molecular flexibility index (Phi) is 4.35. The summed E-state index contributed by atoms with van der Waals surface area (Å²) in [5, 5.41) is 0. The molecule has 1 unspecified atom stereocenters. The zero-order valence-corrected chi connectivity index (χ0v) is 11.9. The minimum atomic E-state index is 0.270. The molecule has 0 aliphatic rings. The molecular formula is C17H22N2. The second kappa shape index (κ2) is 6.00. The van der Waals surface area contributed by atoms with Gasteiger partial charge in [0.15, 0.2) is 0 Å². The predicted molar refractivity (Wildman–Crippen MR) is 81.0 cm³/mol. The summed E-state index contributed by atoms with van der Waals surface area (Å²) in [6, 6.07) is 17.5. The normalized spacial score (nSPS) is 12.7. The molecule has 0 aromatic heterocycles. The minimum absolute atomic E-state index is 0.270. The number of nitrogens with two attached hydrogens (primary N) is 1. The van der Waals surface area contributed by atoms with E-state index in [2.05, 4.69) is 74.4 Å². The summed E-state index contributed by atoms with van der Waals surface area (Å²) in [6.07, 6.45) is 0. The molecule has 19 heavy (non-hydrogen) atoms. The van der Waals surface area contributed by atoms with Gasteiger partial charge in [0.25, 0.3) is 0 Å². The molecule has 2 nitrogen and oxygen atoms in total. The lowest BCUT2D eigenvalue weighted by molar-refractivity contribution is 0.342. The molecule has 0 heterocycles. The van der Waals surface area contributed by atoms with Crippen molar-refractivity contribution >= 4 is 0 Å². The Bertz CT molecular complexity index is 529. The Balaban J connectivity index is 2.42. The lowest BCUT2D eigenvalue weighted by Crippen LogP contribution is -2.21. The van der Waals surface area contributed by atoms with Crippen LogP contribution in [-0.2, 0) is 6.54 Å². The summed E-state index contributed by atoms with van der Waals surface area (Å²) in [4.78, 5) is 2.24. The molecule has 2 aromatic rings. The van der Waals surface area contributed by atoms with Crippen molar-refractivity contribution in [2.75, 3.05) is 14.1 Å². The van der Waals surface area contributed by atoms with Crippen molar-refractivity contribution in [3.63, 3.8) is 0 Å². The number of nitrogens with zero attached hydrogens (tertiary/aromatic N) is 1. The van der Waals surface area contributed by atoms with Crippen molar-refractivity contribution in [3.05, 3.63) is 70.8 Å². The van der Waals surface area contributed by atoms with Crippen LogP contribution < -0.4 is 5.73 Å². The lowest BCUT2D eigenvalue weighted by Gasteiger charge is -2.26. The maximum atomic E-state index is 5.74. The van der Waals surface area contributed by atoms with Gasteiger partial charge in [-0.25, -0.2) is 0 Å². The van der Waals surface area contributed by atoms with Crippen LogP contribution in [0.4, 0.5) is 0 Å². The average Bonchev–Trinajstić information content (AvgIpc) is 2.41. The second-order valence-corrected chi connectivity index (χ2v) is 5.23. The van der Waals surface area contributed by atoms with E-state index in [1.54, 1.807) is 0 Å². The first-order valence-electron chi connectivity index (χ1n) is 6.63. The first-order valence-corrected chi connectivity index (χ1v) is 6.63. The Morgan fingerprint density at radius 3 is 2.26 bits per heavy atom. The van der Waals surface area contributed by atoms with Gasteiger partial charge < -0.3 is 5.73 Å². The molecule has 2 aromatic carbocycles. The zero-order valence-electron chi connectivity index (χ0n) is 11.9. The summed E-state index contributed by atoms with van der Waals surface area (Å²) >= 11 is 0. The van der Waals surface area contributed by atoms with E-state index in [-0.39, 0.29) is 6.04 Å². The van der Waals surface area contributed by atoms with Gasteiger partial charge in [-0.2, -0.15) is 0 Å². The molecule has 0 amide bonds. The fourth-order valence-corrected chi connectivity index (χ4v) is 2.43. The largest absolute Gasteiger partial charge is 0.326 e. The van der Waals surface area contributed by atoms with Gasteiger partial charge in [0.2, 0.25) is 0 Å². The highest BCUT2D eigenvalue weighted by atomic mass is 15.1. The molecule has 0 saturated carbocycles. The van der Waals surface area contributed by atoms with Gasteiger partial charge in [-0.05, 0) is 37.7 Å². The van der Waals surface area contributed by atoms with Gasteiger partial charge in [0.05, 0.1) is 6.04 Å². The van der Waals surface area contributed by atoms with Gasteiger partial charge in [-0.15, -0.1) is 0 Å². The van der Waals surface area contributed by atoms with Gasteiger partial charge in [-0.3, -0.25) is 4.90 Å². The predicted octanol–water partition coefficient (Wildman–Crippen LogP) is 3.10. The molecule has 2 rings (SSSR count). The zero-order chi connectivity index (χ0) is 13.8. The Morgan fingerprint density at radius 1 is 1.00 bits per heavy atom. The van der Waals surface area contributed by atoms with Crippen LogP contribution in [0.15, 0.2) is 48.5 Å². The van der Waals surface area contributed by atoms with Gasteiger partial charge in [0.1, 0.15) is 0 Å². The highest BCUT2D eigenvalue weighted by Crippen LogP contribution is 2.27. The van der Waals surface area contributed by atoms with E-state index in [4.69, 9.17) is 5.73 Å². The van der Waals surface area contributed by atoms with Crippen LogP contribution in [0, 0.1) is 6.92 Å². The standard InChI is InChI=1S/C17H22N2/c1-13-7-9-15(10-8-13)17(19(2)3)16-6-4-5-14(11-16)12-18/h4-11,17H,12,18H2,1-3H3. The summed E-state index contributed by atoms with van der Waals surface area (Å²) in [5.74, 6) is 0. The third-order valence-corrected chi connectivity index (χ3v) is 3.41. The van der Waals surface area contributed by atoms with E-state index < -0.39 is 0 Å². The molecular weight excluding hydrogens is 232 g/mol. The van der Waals surface area contributed by atoms with Crippen molar-refractivity contribution in [3.8, 4) is 0 Å². The summed E-state index contributed by atoms with van der Waals surface area (Å²) in [5.41, 5.74) is 10.8. The molecule has 0 aliphatic carbocycles. The van der Waals surface area contributed by atoms with E-state index >= 15 is 0 Å². The SMILES string of the molecule is Cc1ccc(C(c2cccc(CN)c2)N(C)C)cc1. The number of aryl methyl sites for hydroxylation is 1. The topological polar surface area (TPSA) is 29.3 Å². The monoisotopic (exact) mass is 254 g/mol. The summed E-state index contributed by atoms with van der Waals surface area (Å²) in [7, 11) is 4.22. The average molecular weight is 254 g/mol. The van der Waals surface area contributed by atoms with Crippen LogP contribution in [0.5, 0.6) is 0 Å². The van der Waals surface area contributed by atoms with E-state index in [9.17, 15) is 0 Å². The quantitative estimate of drug-likeness (QED) is 0.908. The molecule has 0 spiro atoms. The van der Waals surface area contributed by atoms with Crippen molar-refractivity contribution in [1.82, 2.24) is 4.90 Å². The second-order valence-electron chi connectivity index (χ2n) is 5.23. The molecule has 0 radical (unpaired) electrons. The van der Waals surface area contributed by atoms with Crippen LogP contribution in [0.2, 0.25) is 0 Å². The number of benzene rings is 2. The molecule has 2 heteroatoms. The van der Waals surface area contributed by atoms with Crippen LogP contribution in [0.25, 0.3) is 0 Å². The lowest BCUT2D eigenvalue weighted by atomic mass is 9.95. The van der Waals surface area contributed by atoms with E-state index in [0.29, 0.717) is 6.54 Å². The third-order valence-electron chi connectivity index (χ3n) is 3.41. The van der Waals surface area contributed by atoms with Crippen molar-refractivity contribution in [1.29, 1.82) is 0 Å². The fourth-order valence-electron chi connectivity index (χ4n) is 2.43.